The fourth-order valence-corrected chi connectivity index (χ4v) is 3.40. The van der Waals surface area contributed by atoms with Crippen LogP contribution in [0.2, 0.25) is 0 Å². The van der Waals surface area contributed by atoms with Crippen LogP contribution in [0.1, 0.15) is 13.8 Å². The Morgan fingerprint density at radius 3 is 2.33 bits per heavy atom. The van der Waals surface area contributed by atoms with Crippen LogP contribution in [0.15, 0.2) is 59.5 Å². The second-order valence-electron chi connectivity index (χ2n) is 5.53. The van der Waals surface area contributed by atoms with Crippen molar-refractivity contribution in [2.24, 2.45) is 5.92 Å². The number of halogens is 1. The third-order valence-electron chi connectivity index (χ3n) is 3.23. The molecule has 0 heterocycles. The number of rotatable bonds is 7. The molecule has 24 heavy (non-hydrogen) atoms. The molecule has 2 aromatic rings. The zero-order chi connectivity index (χ0) is 17.7. The number of ether oxygens (including phenoxy) is 1. The van der Waals surface area contributed by atoms with E-state index in [4.69, 9.17) is 16.3 Å². The lowest BCUT2D eigenvalue weighted by Crippen LogP contribution is -2.29. The molecule has 1 atom stereocenters. The van der Waals surface area contributed by atoms with Gasteiger partial charge in [-0.1, -0.05) is 38.1 Å². The molecule has 0 spiro atoms. The molecule has 0 radical (unpaired) electrons. The molecule has 0 fully saturated rings. The van der Waals surface area contributed by atoms with Crippen LogP contribution >= 0.6 is 11.6 Å². The Morgan fingerprint density at radius 1 is 1.08 bits per heavy atom. The second-order valence-corrected chi connectivity index (χ2v) is 7.59. The average Bonchev–Trinajstić information content (AvgIpc) is 2.53. The van der Waals surface area contributed by atoms with Gasteiger partial charge in [0, 0.05) is 6.07 Å². The zero-order valence-electron chi connectivity index (χ0n) is 13.3. The summed E-state index contributed by atoms with van der Waals surface area (Å²) in [6.07, 6.45) is -0.798. The van der Waals surface area contributed by atoms with Gasteiger partial charge in [0.15, 0.2) is 6.10 Å². The van der Waals surface area contributed by atoms with Gasteiger partial charge in [-0.2, -0.15) is 0 Å². The maximum Gasteiger partial charge on any atom is 0.262 e. The number of hydrogen-bond acceptors (Lipinski definition) is 4. The van der Waals surface area contributed by atoms with Gasteiger partial charge in [-0.25, -0.2) is 8.42 Å². The highest BCUT2D eigenvalue weighted by molar-refractivity contribution is 7.92. The van der Waals surface area contributed by atoms with Gasteiger partial charge in [0.05, 0.1) is 10.6 Å². The topological polar surface area (TPSA) is 72.5 Å². The molecule has 0 saturated carbocycles. The van der Waals surface area contributed by atoms with Crippen LogP contribution in [0, 0.1) is 5.92 Å². The van der Waals surface area contributed by atoms with Crippen molar-refractivity contribution in [2.75, 3.05) is 4.72 Å². The van der Waals surface area contributed by atoms with Gasteiger partial charge >= 0.3 is 0 Å². The summed E-state index contributed by atoms with van der Waals surface area (Å²) >= 11 is 5.54. The van der Waals surface area contributed by atoms with E-state index < -0.39 is 21.4 Å². The fraction of sp³-hybridized carbons (Fsp3) is 0.235. The van der Waals surface area contributed by atoms with Crippen LogP contribution in [0.4, 0.5) is 5.69 Å². The summed E-state index contributed by atoms with van der Waals surface area (Å²) in [7, 11) is -3.69. The molecule has 0 aromatic heterocycles. The number of benzene rings is 2. The van der Waals surface area contributed by atoms with Crippen LogP contribution in [0.25, 0.3) is 0 Å². The quantitative estimate of drug-likeness (QED) is 0.758. The first-order chi connectivity index (χ1) is 11.3. The van der Waals surface area contributed by atoms with Crippen molar-refractivity contribution in [3.8, 4) is 5.75 Å². The molecule has 1 unspecified atom stereocenters. The van der Waals surface area contributed by atoms with Gasteiger partial charge in [-0.05, 0) is 41.8 Å². The van der Waals surface area contributed by atoms with Crippen molar-refractivity contribution >= 4 is 32.6 Å². The predicted octanol–water partition coefficient (Wildman–Crippen LogP) is 3.66. The summed E-state index contributed by atoms with van der Waals surface area (Å²) in [4.78, 5) is 11.6. The van der Waals surface area contributed by atoms with Gasteiger partial charge in [0.25, 0.3) is 15.3 Å². The Hall–Kier alpha value is -2.05. The normalized spacial score (nSPS) is 12.7. The van der Waals surface area contributed by atoms with Gasteiger partial charge in [-0.3, -0.25) is 9.52 Å². The highest BCUT2D eigenvalue weighted by atomic mass is 35.5. The van der Waals surface area contributed by atoms with Crippen molar-refractivity contribution in [3.63, 3.8) is 0 Å². The summed E-state index contributed by atoms with van der Waals surface area (Å²) in [5.74, 6) is 0.246. The lowest BCUT2D eigenvalue weighted by molar-refractivity contribution is -0.119. The molecule has 0 aliphatic carbocycles. The lowest BCUT2D eigenvalue weighted by Gasteiger charge is -2.19. The van der Waals surface area contributed by atoms with E-state index in [1.54, 1.807) is 36.4 Å². The molecular formula is C17H18ClNO4S. The Morgan fingerprint density at radius 2 is 1.75 bits per heavy atom. The Kier molecular flexibility index (Phi) is 5.85. The van der Waals surface area contributed by atoms with E-state index in [1.807, 2.05) is 13.8 Å². The first kappa shape index (κ1) is 18.3. The third-order valence-corrected chi connectivity index (χ3v) is 4.84. The summed E-state index contributed by atoms with van der Waals surface area (Å²) in [6, 6.07) is 14.4. The van der Waals surface area contributed by atoms with E-state index in [0.717, 1.165) is 0 Å². The smallest absolute Gasteiger partial charge is 0.262 e. The van der Waals surface area contributed by atoms with Crippen LogP contribution < -0.4 is 9.46 Å². The molecule has 0 aliphatic heterocycles. The molecule has 0 amide bonds. The maximum absolute atomic E-state index is 12.3. The van der Waals surface area contributed by atoms with E-state index in [-0.39, 0.29) is 10.8 Å². The summed E-state index contributed by atoms with van der Waals surface area (Å²) in [6.45, 7) is 3.62. The van der Waals surface area contributed by atoms with Gasteiger partial charge in [-0.15, -0.1) is 0 Å². The average molecular weight is 368 g/mol. The molecule has 128 valence electrons. The molecule has 0 aliphatic rings. The molecule has 2 rings (SSSR count). The van der Waals surface area contributed by atoms with Crippen molar-refractivity contribution in [1.29, 1.82) is 0 Å². The standard InChI is InChI=1S/C17H18ClNO4S/c1-12(2)16(17(18)20)23-14-8-6-7-13(11-14)19-24(21,22)15-9-4-3-5-10-15/h3-12,16,19H,1-2H3. The molecule has 0 bridgehead atoms. The van der Waals surface area contributed by atoms with E-state index in [0.29, 0.717) is 11.4 Å². The van der Waals surface area contributed by atoms with E-state index >= 15 is 0 Å². The third kappa shape index (κ3) is 4.72. The first-order valence-electron chi connectivity index (χ1n) is 7.33. The van der Waals surface area contributed by atoms with Crippen LogP contribution in [0.5, 0.6) is 5.75 Å². The highest BCUT2D eigenvalue weighted by Gasteiger charge is 2.22. The van der Waals surface area contributed by atoms with Crippen molar-refractivity contribution in [3.05, 3.63) is 54.6 Å². The van der Waals surface area contributed by atoms with E-state index in [1.165, 1.54) is 18.2 Å². The maximum atomic E-state index is 12.3. The predicted molar refractivity (Wildman–Crippen MR) is 93.8 cm³/mol. The highest BCUT2D eigenvalue weighted by Crippen LogP contribution is 2.23. The van der Waals surface area contributed by atoms with Gasteiger partial charge in [0.2, 0.25) is 0 Å². The van der Waals surface area contributed by atoms with Crippen LogP contribution in [-0.2, 0) is 14.8 Å². The Bertz CT molecular complexity index is 806. The summed E-state index contributed by atoms with van der Waals surface area (Å²) in [5.41, 5.74) is 0.334. The van der Waals surface area contributed by atoms with Crippen LogP contribution in [-0.4, -0.2) is 19.8 Å². The minimum atomic E-state index is -3.69. The molecule has 7 heteroatoms. The van der Waals surface area contributed by atoms with E-state index in [9.17, 15) is 13.2 Å². The SMILES string of the molecule is CC(C)C(Oc1cccc(NS(=O)(=O)c2ccccc2)c1)C(=O)Cl. The number of anilines is 1. The van der Waals surface area contributed by atoms with E-state index in [2.05, 4.69) is 4.72 Å². The van der Waals surface area contributed by atoms with Crippen molar-refractivity contribution < 1.29 is 17.9 Å². The monoisotopic (exact) mass is 367 g/mol. The first-order valence-corrected chi connectivity index (χ1v) is 9.19. The van der Waals surface area contributed by atoms with Gasteiger partial charge < -0.3 is 4.74 Å². The molecule has 0 saturated heterocycles. The number of hydrogen-bond donors (Lipinski definition) is 1. The van der Waals surface area contributed by atoms with Crippen molar-refractivity contribution in [1.82, 2.24) is 0 Å². The van der Waals surface area contributed by atoms with Crippen molar-refractivity contribution in [2.45, 2.75) is 24.8 Å². The largest absolute Gasteiger partial charge is 0.481 e. The number of sulfonamides is 1. The number of nitrogens with one attached hydrogen (secondary N) is 1. The molecule has 1 N–H and O–H groups in total. The minimum absolute atomic E-state index is 0.111. The zero-order valence-corrected chi connectivity index (χ0v) is 14.8. The molecule has 5 nitrogen and oxygen atoms in total. The summed E-state index contributed by atoms with van der Waals surface area (Å²) in [5, 5.41) is -0.597. The Labute approximate surface area is 146 Å². The Balaban J connectivity index is 2.20. The number of carbonyl (C=O) groups is 1. The lowest BCUT2D eigenvalue weighted by atomic mass is 10.1. The summed E-state index contributed by atoms with van der Waals surface area (Å²) < 4.78 is 32.7. The van der Waals surface area contributed by atoms with Crippen LogP contribution in [0.3, 0.4) is 0 Å². The number of carbonyl (C=O) groups excluding carboxylic acids is 1. The second kappa shape index (κ2) is 7.68. The fourth-order valence-electron chi connectivity index (χ4n) is 2.04. The molecular weight excluding hydrogens is 350 g/mol. The minimum Gasteiger partial charge on any atom is -0.481 e. The molecule has 2 aromatic carbocycles. The van der Waals surface area contributed by atoms with Gasteiger partial charge in [0.1, 0.15) is 5.75 Å².